The predicted octanol–water partition coefficient (Wildman–Crippen LogP) is 4.90. The fourth-order valence-electron chi connectivity index (χ4n) is 5.92. The molecule has 1 fully saturated rings. The van der Waals surface area contributed by atoms with Gasteiger partial charge in [0.25, 0.3) is 5.91 Å². The minimum Gasteiger partial charge on any atom is -0.463 e. The predicted molar refractivity (Wildman–Crippen MR) is 139 cm³/mol. The quantitative estimate of drug-likeness (QED) is 0.514. The van der Waals surface area contributed by atoms with Crippen molar-refractivity contribution in [2.75, 3.05) is 26.2 Å². The molecule has 35 heavy (non-hydrogen) atoms. The van der Waals surface area contributed by atoms with Crippen LogP contribution in [0.3, 0.4) is 0 Å². The van der Waals surface area contributed by atoms with Gasteiger partial charge in [-0.05, 0) is 31.6 Å². The molecule has 194 valence electrons. The van der Waals surface area contributed by atoms with Gasteiger partial charge in [0.05, 0.1) is 18.3 Å². The van der Waals surface area contributed by atoms with Gasteiger partial charge in [-0.3, -0.25) is 9.59 Å². The third kappa shape index (κ3) is 5.60. The van der Waals surface area contributed by atoms with Gasteiger partial charge >= 0.3 is 0 Å². The van der Waals surface area contributed by atoms with E-state index in [9.17, 15) is 9.59 Å². The molecule has 0 bridgehead atoms. The molecular weight excluding hydrogens is 440 g/mol. The number of carbonyl (C=O) groups excluding carboxylic acids is 2. The van der Waals surface area contributed by atoms with Crippen molar-refractivity contribution >= 4 is 22.9 Å². The highest BCUT2D eigenvalue weighted by Crippen LogP contribution is 2.33. The highest BCUT2D eigenvalue weighted by Gasteiger charge is 2.48. The van der Waals surface area contributed by atoms with Gasteiger partial charge in [-0.2, -0.15) is 0 Å². The number of amides is 2. The lowest BCUT2D eigenvalue weighted by atomic mass is 9.93. The molecule has 7 nitrogen and oxygen atoms in total. The highest BCUT2D eigenvalue weighted by atomic mass is 16.3. The molecule has 0 spiro atoms. The molecule has 0 aromatic carbocycles. The second-order valence-electron chi connectivity index (χ2n) is 11.7. The summed E-state index contributed by atoms with van der Waals surface area (Å²) >= 11 is 0. The Morgan fingerprint density at radius 3 is 2.43 bits per heavy atom. The summed E-state index contributed by atoms with van der Waals surface area (Å²) in [4.78, 5) is 32.1. The van der Waals surface area contributed by atoms with E-state index in [1.54, 1.807) is 6.26 Å². The van der Waals surface area contributed by atoms with Crippen LogP contribution < -0.4 is 5.32 Å². The Morgan fingerprint density at radius 1 is 1.14 bits per heavy atom. The molecule has 1 aliphatic carbocycles. The Balaban J connectivity index is 1.61. The molecule has 2 aromatic heterocycles. The van der Waals surface area contributed by atoms with Gasteiger partial charge in [0.2, 0.25) is 5.91 Å². The summed E-state index contributed by atoms with van der Waals surface area (Å²) < 4.78 is 7.58. The standard InChI is InChI=1S/C28H44N4O3/c1-20(2)17-30(18-21(3)4)13-14-32-26(33)24-16-25-23(12-15-35-25)31(24)19-28(32,5)27(34)29-22-10-8-6-7-9-11-22/h12,15-16,20-22H,6-11,13-14,17-19H2,1-5H3,(H,29,34)/t28-/m0/s1. The number of hydrogen-bond acceptors (Lipinski definition) is 4. The Morgan fingerprint density at radius 2 is 1.80 bits per heavy atom. The zero-order chi connectivity index (χ0) is 25.2. The van der Waals surface area contributed by atoms with Crippen LogP contribution in [0.25, 0.3) is 11.1 Å². The molecule has 1 atom stereocenters. The molecule has 2 amide bonds. The Hall–Kier alpha value is -2.28. The van der Waals surface area contributed by atoms with Crippen molar-refractivity contribution in [3.63, 3.8) is 0 Å². The van der Waals surface area contributed by atoms with Gasteiger partial charge in [-0.1, -0.05) is 53.4 Å². The van der Waals surface area contributed by atoms with Crippen molar-refractivity contribution in [2.24, 2.45) is 11.8 Å². The molecule has 1 N–H and O–H groups in total. The van der Waals surface area contributed by atoms with Crippen molar-refractivity contribution in [1.29, 1.82) is 0 Å². The highest BCUT2D eigenvalue weighted by molar-refractivity contribution is 6.02. The fourth-order valence-corrected chi connectivity index (χ4v) is 5.92. The summed E-state index contributed by atoms with van der Waals surface area (Å²) in [5.41, 5.74) is 1.23. The van der Waals surface area contributed by atoms with Crippen LogP contribution in [0, 0.1) is 11.8 Å². The van der Waals surface area contributed by atoms with Gasteiger partial charge in [0.15, 0.2) is 5.58 Å². The van der Waals surface area contributed by atoms with E-state index >= 15 is 0 Å². The topological polar surface area (TPSA) is 70.7 Å². The third-order valence-electron chi connectivity index (χ3n) is 7.61. The average molecular weight is 485 g/mol. The van der Waals surface area contributed by atoms with E-state index in [1.807, 2.05) is 28.5 Å². The first-order valence-electron chi connectivity index (χ1n) is 13.6. The van der Waals surface area contributed by atoms with Crippen molar-refractivity contribution in [1.82, 2.24) is 19.7 Å². The zero-order valence-corrected chi connectivity index (χ0v) is 22.3. The van der Waals surface area contributed by atoms with E-state index in [0.717, 1.165) is 50.8 Å². The number of furan rings is 1. The Labute approximate surface area is 210 Å². The van der Waals surface area contributed by atoms with Gasteiger partial charge in [0, 0.05) is 44.4 Å². The van der Waals surface area contributed by atoms with Crippen LogP contribution in [-0.4, -0.2) is 63.9 Å². The van der Waals surface area contributed by atoms with Crippen LogP contribution in [0.4, 0.5) is 0 Å². The van der Waals surface area contributed by atoms with Crippen LogP contribution in [-0.2, 0) is 11.3 Å². The molecular formula is C28H44N4O3. The van der Waals surface area contributed by atoms with Gasteiger partial charge in [-0.25, -0.2) is 0 Å². The number of carbonyl (C=O) groups is 2. The lowest BCUT2D eigenvalue weighted by molar-refractivity contribution is -0.133. The maximum atomic E-state index is 13.9. The lowest BCUT2D eigenvalue weighted by Gasteiger charge is -2.45. The molecule has 2 aliphatic rings. The largest absolute Gasteiger partial charge is 0.463 e. The van der Waals surface area contributed by atoms with E-state index in [0.29, 0.717) is 36.2 Å². The number of aromatic nitrogens is 1. The number of rotatable bonds is 9. The monoisotopic (exact) mass is 484 g/mol. The summed E-state index contributed by atoms with van der Waals surface area (Å²) in [6.07, 6.45) is 8.47. The zero-order valence-electron chi connectivity index (χ0n) is 22.3. The van der Waals surface area contributed by atoms with Gasteiger partial charge in [0.1, 0.15) is 11.2 Å². The first kappa shape index (κ1) is 25.8. The first-order valence-corrected chi connectivity index (χ1v) is 13.6. The second kappa shape index (κ2) is 10.8. The number of fused-ring (bicyclic) bond motifs is 3. The smallest absolute Gasteiger partial charge is 0.271 e. The Bertz CT molecular complexity index is 1000. The molecule has 7 heteroatoms. The summed E-state index contributed by atoms with van der Waals surface area (Å²) in [5.74, 6) is 0.961. The van der Waals surface area contributed by atoms with Crippen LogP contribution in [0.5, 0.6) is 0 Å². The fraction of sp³-hybridized carbons (Fsp3) is 0.714. The van der Waals surface area contributed by atoms with Crippen molar-refractivity contribution in [3.8, 4) is 0 Å². The van der Waals surface area contributed by atoms with Crippen LogP contribution in [0.15, 0.2) is 22.8 Å². The summed E-state index contributed by atoms with van der Waals surface area (Å²) in [5, 5.41) is 3.35. The maximum Gasteiger partial charge on any atom is 0.271 e. The molecule has 1 saturated carbocycles. The average Bonchev–Trinajstić information content (AvgIpc) is 3.27. The number of hydrogen-bond donors (Lipinski definition) is 1. The molecule has 0 radical (unpaired) electrons. The van der Waals surface area contributed by atoms with E-state index in [4.69, 9.17) is 4.42 Å². The van der Waals surface area contributed by atoms with E-state index < -0.39 is 5.54 Å². The molecule has 2 aromatic rings. The van der Waals surface area contributed by atoms with Crippen molar-refractivity contribution < 1.29 is 14.0 Å². The van der Waals surface area contributed by atoms with Crippen LogP contribution >= 0.6 is 0 Å². The van der Waals surface area contributed by atoms with Crippen molar-refractivity contribution in [2.45, 2.75) is 91.3 Å². The van der Waals surface area contributed by atoms with Crippen molar-refractivity contribution in [3.05, 3.63) is 24.1 Å². The number of nitrogens with zero attached hydrogens (tertiary/aromatic N) is 3. The van der Waals surface area contributed by atoms with E-state index in [-0.39, 0.29) is 17.9 Å². The van der Waals surface area contributed by atoms with E-state index in [1.165, 1.54) is 12.8 Å². The normalized spacial score (nSPS) is 21.8. The minimum absolute atomic E-state index is 0.0342. The first-order chi connectivity index (χ1) is 16.7. The SMILES string of the molecule is CC(C)CN(CCN1C(=O)c2cc3occc3n2C[C@@]1(C)C(=O)NC1CCCCCC1)CC(C)C. The van der Waals surface area contributed by atoms with Gasteiger partial charge < -0.3 is 24.1 Å². The van der Waals surface area contributed by atoms with Gasteiger partial charge in [-0.15, -0.1) is 0 Å². The summed E-state index contributed by atoms with van der Waals surface area (Å²) in [7, 11) is 0. The third-order valence-corrected chi connectivity index (χ3v) is 7.61. The summed E-state index contributed by atoms with van der Waals surface area (Å²) in [6.45, 7) is 14.5. The lowest BCUT2D eigenvalue weighted by Crippen LogP contribution is -2.65. The van der Waals surface area contributed by atoms with Crippen LogP contribution in [0.1, 0.15) is 83.6 Å². The summed E-state index contributed by atoms with van der Waals surface area (Å²) in [6, 6.07) is 3.91. The van der Waals surface area contributed by atoms with Crippen LogP contribution in [0.2, 0.25) is 0 Å². The molecule has 1 aliphatic heterocycles. The molecule has 0 saturated heterocycles. The molecule has 0 unspecified atom stereocenters. The minimum atomic E-state index is -0.957. The molecule has 4 rings (SSSR count). The maximum absolute atomic E-state index is 13.9. The van der Waals surface area contributed by atoms with E-state index in [2.05, 4.69) is 37.9 Å². The number of nitrogens with one attached hydrogen (secondary N) is 1. The second-order valence-corrected chi connectivity index (χ2v) is 11.7. The molecule has 3 heterocycles. The Kier molecular flexibility index (Phi) is 7.94.